The highest BCUT2D eigenvalue weighted by Gasteiger charge is 2.42. The minimum Gasteiger partial charge on any atom is -0.463 e. The Bertz CT molecular complexity index is 854. The first kappa shape index (κ1) is 16.7. The number of carbonyl (C=O) groups is 1. The predicted molar refractivity (Wildman–Crippen MR) is 79.0 cm³/mol. The average molecular weight is 353 g/mol. The summed E-state index contributed by atoms with van der Waals surface area (Å²) in [6, 6.07) is 5.92. The van der Waals surface area contributed by atoms with Gasteiger partial charge in [-0.05, 0) is 29.8 Å². The molecule has 1 amide bonds. The summed E-state index contributed by atoms with van der Waals surface area (Å²) in [7, 11) is 0. The number of carbonyl (C=O) groups excluding carboxylic acids is 1. The summed E-state index contributed by atoms with van der Waals surface area (Å²) >= 11 is 0. The zero-order chi connectivity index (χ0) is 18.0. The van der Waals surface area contributed by atoms with Gasteiger partial charge in [0, 0.05) is 6.07 Å². The van der Waals surface area contributed by atoms with Crippen molar-refractivity contribution in [2.45, 2.75) is 12.2 Å². The van der Waals surface area contributed by atoms with Gasteiger partial charge in [0.25, 0.3) is 5.91 Å². The van der Waals surface area contributed by atoms with Crippen LogP contribution >= 0.6 is 0 Å². The van der Waals surface area contributed by atoms with Gasteiger partial charge in [0.05, 0.1) is 6.26 Å². The molecule has 0 radical (unpaired) electrons. The minimum absolute atomic E-state index is 0.234. The molecule has 0 saturated carbocycles. The van der Waals surface area contributed by atoms with Crippen LogP contribution < -0.4 is 5.32 Å². The van der Waals surface area contributed by atoms with Crippen LogP contribution in [-0.2, 0) is 0 Å². The van der Waals surface area contributed by atoms with E-state index < -0.39 is 23.9 Å². The number of nitrogens with zero attached hydrogens (tertiary/aromatic N) is 1. The third kappa shape index (κ3) is 3.70. The topological polar surface area (TPSA) is 70.9 Å². The number of alkyl halides is 3. The molecule has 1 atom stereocenters. The highest BCUT2D eigenvalue weighted by Crippen LogP contribution is 2.33. The van der Waals surface area contributed by atoms with Crippen LogP contribution in [0.15, 0.2) is 53.1 Å². The van der Waals surface area contributed by atoms with Crippen LogP contribution in [0.5, 0.6) is 0 Å². The van der Waals surface area contributed by atoms with Gasteiger partial charge in [-0.15, -0.1) is 0 Å². The van der Waals surface area contributed by atoms with E-state index in [-0.39, 0.29) is 11.3 Å². The van der Waals surface area contributed by atoms with E-state index in [0.29, 0.717) is 11.5 Å². The van der Waals surface area contributed by atoms with Crippen molar-refractivity contribution in [1.82, 2.24) is 15.5 Å². The van der Waals surface area contributed by atoms with Crippen LogP contribution in [0.3, 0.4) is 0 Å². The Morgan fingerprint density at radius 1 is 1.20 bits per heavy atom. The van der Waals surface area contributed by atoms with Crippen LogP contribution in [-0.4, -0.2) is 22.3 Å². The molecule has 1 aromatic carbocycles. The molecule has 5 nitrogen and oxygen atoms in total. The lowest BCUT2D eigenvalue weighted by Gasteiger charge is -2.21. The van der Waals surface area contributed by atoms with Crippen molar-refractivity contribution in [3.8, 4) is 11.5 Å². The number of hydrogen-bond acceptors (Lipinski definition) is 3. The molecular weight excluding hydrogens is 342 g/mol. The molecule has 2 aromatic heterocycles. The number of furan rings is 1. The van der Waals surface area contributed by atoms with E-state index in [2.05, 4.69) is 10.2 Å². The van der Waals surface area contributed by atoms with E-state index in [1.165, 1.54) is 12.3 Å². The zero-order valence-electron chi connectivity index (χ0n) is 12.5. The van der Waals surface area contributed by atoms with Crippen LogP contribution in [0.1, 0.15) is 22.1 Å². The highest BCUT2D eigenvalue weighted by atomic mass is 19.4. The average Bonchev–Trinajstić information content (AvgIpc) is 3.23. The molecule has 130 valence electrons. The monoisotopic (exact) mass is 353 g/mol. The minimum atomic E-state index is -4.76. The van der Waals surface area contributed by atoms with Crippen LogP contribution in [0.25, 0.3) is 11.5 Å². The van der Waals surface area contributed by atoms with Gasteiger partial charge in [0.1, 0.15) is 11.5 Å². The highest BCUT2D eigenvalue weighted by molar-refractivity contribution is 5.93. The lowest BCUT2D eigenvalue weighted by molar-refractivity contribution is -0.155. The molecule has 0 fully saturated rings. The smallest absolute Gasteiger partial charge is 0.412 e. The predicted octanol–water partition coefficient (Wildman–Crippen LogP) is 3.84. The third-order valence-corrected chi connectivity index (χ3v) is 3.40. The van der Waals surface area contributed by atoms with E-state index in [4.69, 9.17) is 4.42 Å². The van der Waals surface area contributed by atoms with Gasteiger partial charge in [0.2, 0.25) is 0 Å². The number of amides is 1. The number of nitrogens with one attached hydrogen (secondary N) is 2. The molecule has 0 aliphatic heterocycles. The lowest BCUT2D eigenvalue weighted by atomic mass is 10.1. The van der Waals surface area contributed by atoms with E-state index in [1.54, 1.807) is 12.1 Å². The number of hydrogen-bond donors (Lipinski definition) is 2. The molecular formula is C16H11F4N3O2. The number of benzene rings is 1. The van der Waals surface area contributed by atoms with Crippen molar-refractivity contribution in [1.29, 1.82) is 0 Å². The quantitative estimate of drug-likeness (QED) is 0.700. The van der Waals surface area contributed by atoms with Gasteiger partial charge >= 0.3 is 6.18 Å². The summed E-state index contributed by atoms with van der Waals surface area (Å²) in [4.78, 5) is 12.1. The molecule has 0 spiro atoms. The zero-order valence-corrected chi connectivity index (χ0v) is 12.5. The molecule has 25 heavy (non-hydrogen) atoms. The third-order valence-electron chi connectivity index (χ3n) is 3.40. The maximum Gasteiger partial charge on any atom is 0.412 e. The van der Waals surface area contributed by atoms with Crippen molar-refractivity contribution >= 4 is 5.91 Å². The first-order valence-corrected chi connectivity index (χ1v) is 7.07. The summed E-state index contributed by atoms with van der Waals surface area (Å²) in [6.07, 6.45) is -3.35. The summed E-state index contributed by atoms with van der Waals surface area (Å²) in [6.45, 7) is 0. The van der Waals surface area contributed by atoms with Gasteiger partial charge in [-0.1, -0.05) is 12.1 Å². The molecule has 9 heteroatoms. The fourth-order valence-corrected chi connectivity index (χ4v) is 2.21. The second-order valence-electron chi connectivity index (χ2n) is 5.14. The molecule has 3 rings (SSSR count). The SMILES string of the molecule is O=C(NC(c1ccc(F)cc1)C(F)(F)F)c1cc(-c2ccco2)[nH]n1. The second kappa shape index (κ2) is 6.42. The number of rotatable bonds is 4. The first-order valence-electron chi connectivity index (χ1n) is 7.07. The van der Waals surface area contributed by atoms with Crippen molar-refractivity contribution < 1.29 is 26.8 Å². The second-order valence-corrected chi connectivity index (χ2v) is 5.14. The van der Waals surface area contributed by atoms with E-state index in [0.717, 1.165) is 24.3 Å². The summed E-state index contributed by atoms with van der Waals surface area (Å²) in [5.41, 5.74) is -0.174. The van der Waals surface area contributed by atoms with Gasteiger partial charge in [0.15, 0.2) is 17.5 Å². The number of halogens is 4. The number of H-pyrrole nitrogens is 1. The van der Waals surface area contributed by atoms with Gasteiger partial charge in [-0.2, -0.15) is 18.3 Å². The fourth-order valence-electron chi connectivity index (χ4n) is 2.21. The Balaban J connectivity index is 1.82. The molecule has 3 aromatic rings. The van der Waals surface area contributed by atoms with Crippen LogP contribution in [0.2, 0.25) is 0 Å². The number of aromatic amines is 1. The molecule has 2 heterocycles. The van der Waals surface area contributed by atoms with Crippen LogP contribution in [0.4, 0.5) is 17.6 Å². The standard InChI is InChI=1S/C16H11F4N3O2/c17-10-5-3-9(4-6-10)14(16(18,19)20)21-15(24)12-8-11(22-23-12)13-2-1-7-25-13/h1-8,14H,(H,21,24)(H,22,23). The molecule has 0 saturated heterocycles. The van der Waals surface area contributed by atoms with Crippen molar-refractivity contribution in [2.24, 2.45) is 0 Å². The van der Waals surface area contributed by atoms with Gasteiger partial charge < -0.3 is 9.73 Å². The Morgan fingerprint density at radius 2 is 1.92 bits per heavy atom. The Hall–Kier alpha value is -3.10. The maximum absolute atomic E-state index is 13.3. The van der Waals surface area contributed by atoms with Gasteiger partial charge in [-0.25, -0.2) is 4.39 Å². The van der Waals surface area contributed by atoms with E-state index >= 15 is 0 Å². The Kier molecular flexibility index (Phi) is 4.30. The van der Waals surface area contributed by atoms with Crippen molar-refractivity contribution in [3.05, 3.63) is 65.8 Å². The van der Waals surface area contributed by atoms with E-state index in [1.807, 2.05) is 5.32 Å². The molecule has 0 aliphatic carbocycles. The largest absolute Gasteiger partial charge is 0.463 e. The first-order chi connectivity index (χ1) is 11.8. The molecule has 0 bridgehead atoms. The number of aromatic nitrogens is 2. The van der Waals surface area contributed by atoms with Gasteiger partial charge in [-0.3, -0.25) is 9.89 Å². The molecule has 1 unspecified atom stereocenters. The Morgan fingerprint density at radius 3 is 2.52 bits per heavy atom. The lowest BCUT2D eigenvalue weighted by Crippen LogP contribution is -2.38. The summed E-state index contributed by atoms with van der Waals surface area (Å²) < 4.78 is 57.8. The van der Waals surface area contributed by atoms with E-state index in [9.17, 15) is 22.4 Å². The van der Waals surface area contributed by atoms with Crippen molar-refractivity contribution in [2.75, 3.05) is 0 Å². The van der Waals surface area contributed by atoms with Crippen molar-refractivity contribution in [3.63, 3.8) is 0 Å². The molecule has 0 aliphatic rings. The normalized spacial score (nSPS) is 12.8. The molecule has 2 N–H and O–H groups in total. The Labute approximate surface area is 138 Å². The fraction of sp³-hybridized carbons (Fsp3) is 0.125. The maximum atomic E-state index is 13.3. The summed E-state index contributed by atoms with van der Waals surface area (Å²) in [5.74, 6) is -1.32. The van der Waals surface area contributed by atoms with Crippen LogP contribution in [0, 0.1) is 5.82 Å². The summed E-state index contributed by atoms with van der Waals surface area (Å²) in [5, 5.41) is 8.07.